The van der Waals surface area contributed by atoms with Gasteiger partial charge in [-0.05, 0) is 42.7 Å². The Bertz CT molecular complexity index is 971. The van der Waals surface area contributed by atoms with Crippen LogP contribution in [0.25, 0.3) is 5.69 Å². The van der Waals surface area contributed by atoms with Gasteiger partial charge in [0.1, 0.15) is 0 Å². The molecule has 0 spiro atoms. The molecule has 2 heterocycles. The van der Waals surface area contributed by atoms with E-state index in [1.54, 1.807) is 6.20 Å². The fourth-order valence-electron chi connectivity index (χ4n) is 3.35. The zero-order valence-electron chi connectivity index (χ0n) is 15.0. The van der Waals surface area contributed by atoms with Crippen LogP contribution in [-0.2, 0) is 17.8 Å². The Morgan fingerprint density at radius 1 is 1.19 bits per heavy atom. The van der Waals surface area contributed by atoms with Crippen molar-refractivity contribution in [1.82, 2.24) is 14.5 Å². The van der Waals surface area contributed by atoms with E-state index in [2.05, 4.69) is 23.2 Å². The first-order valence-corrected chi connectivity index (χ1v) is 10.2. The summed E-state index contributed by atoms with van der Waals surface area (Å²) >= 11 is 7.59. The lowest BCUT2D eigenvalue weighted by Gasteiger charge is -2.30. The smallest absolute Gasteiger partial charge is 0.236 e. The first kappa shape index (κ1) is 18.1. The van der Waals surface area contributed by atoms with Crippen LogP contribution in [0.5, 0.6) is 0 Å². The van der Waals surface area contributed by atoms with Gasteiger partial charge in [-0.2, -0.15) is 0 Å². The molecule has 138 valence electrons. The minimum Gasteiger partial charge on any atom is -0.337 e. The summed E-state index contributed by atoms with van der Waals surface area (Å²) in [6.45, 7) is 3.40. The number of halogens is 1. The number of nitrogens with zero attached hydrogens (tertiary/aromatic N) is 3. The molecule has 6 heteroatoms. The summed E-state index contributed by atoms with van der Waals surface area (Å²) in [7, 11) is 0. The van der Waals surface area contributed by atoms with Gasteiger partial charge in [-0.1, -0.05) is 53.7 Å². The number of benzene rings is 2. The quantitative estimate of drug-likeness (QED) is 0.604. The maximum atomic E-state index is 13.0. The molecule has 3 aromatic rings. The molecule has 0 aliphatic carbocycles. The Labute approximate surface area is 168 Å². The van der Waals surface area contributed by atoms with Gasteiger partial charge in [-0.15, -0.1) is 0 Å². The van der Waals surface area contributed by atoms with Crippen LogP contribution in [0, 0.1) is 0 Å². The van der Waals surface area contributed by atoms with Gasteiger partial charge in [0.05, 0.1) is 5.25 Å². The number of carbonyl (C=O) groups is 1. The van der Waals surface area contributed by atoms with Crippen LogP contribution in [-0.4, -0.2) is 32.2 Å². The molecule has 0 bridgehead atoms. The molecule has 1 aromatic heterocycles. The number of aromatic nitrogens is 2. The number of amides is 1. The molecule has 1 atom stereocenters. The average Bonchev–Trinajstić information content (AvgIpc) is 3.15. The second kappa shape index (κ2) is 7.79. The van der Waals surface area contributed by atoms with Crippen LogP contribution in [0.4, 0.5) is 0 Å². The summed E-state index contributed by atoms with van der Waals surface area (Å²) in [5, 5.41) is 1.25. The third-order valence-electron chi connectivity index (χ3n) is 4.77. The van der Waals surface area contributed by atoms with Crippen molar-refractivity contribution in [3.05, 3.63) is 77.1 Å². The maximum Gasteiger partial charge on any atom is 0.236 e. The normalized spacial score (nSPS) is 14.7. The molecule has 4 nitrogen and oxygen atoms in total. The monoisotopic (exact) mass is 397 g/mol. The molecule has 0 fully saturated rings. The van der Waals surface area contributed by atoms with Gasteiger partial charge in [0.15, 0.2) is 5.16 Å². The van der Waals surface area contributed by atoms with Crippen molar-refractivity contribution >= 4 is 29.3 Å². The van der Waals surface area contributed by atoms with Gasteiger partial charge in [-0.3, -0.25) is 9.36 Å². The highest BCUT2D eigenvalue weighted by Gasteiger charge is 2.26. The Morgan fingerprint density at radius 2 is 2.00 bits per heavy atom. The van der Waals surface area contributed by atoms with E-state index in [-0.39, 0.29) is 11.2 Å². The number of carbonyl (C=O) groups excluding carboxylic acids is 1. The lowest BCUT2D eigenvalue weighted by Crippen LogP contribution is -2.40. The van der Waals surface area contributed by atoms with Crippen molar-refractivity contribution in [2.75, 3.05) is 6.54 Å². The second-order valence-corrected chi connectivity index (χ2v) is 8.34. The summed E-state index contributed by atoms with van der Waals surface area (Å²) < 4.78 is 1.96. The fraction of sp³-hybridized carbons (Fsp3) is 0.238. The standard InChI is InChI=1S/C21H20ClN3OS/c1-15(20(26)24-11-9-16-5-2-3-6-17(16)14-24)27-21-23-10-12-25(21)19-8-4-7-18(22)13-19/h2-8,10,12-13,15H,9,11,14H2,1H3/t15-/m1/s1. The molecule has 2 aromatic carbocycles. The lowest BCUT2D eigenvalue weighted by molar-refractivity contribution is -0.131. The van der Waals surface area contributed by atoms with Crippen LogP contribution in [0.2, 0.25) is 5.02 Å². The van der Waals surface area contributed by atoms with Gasteiger partial charge < -0.3 is 4.90 Å². The number of hydrogen-bond donors (Lipinski definition) is 0. The number of imidazole rings is 1. The minimum absolute atomic E-state index is 0.148. The van der Waals surface area contributed by atoms with E-state index in [0.29, 0.717) is 11.6 Å². The zero-order chi connectivity index (χ0) is 18.8. The molecule has 0 saturated carbocycles. The molecular formula is C21H20ClN3OS. The number of fused-ring (bicyclic) bond motifs is 1. The first-order chi connectivity index (χ1) is 13.1. The van der Waals surface area contributed by atoms with Crippen LogP contribution < -0.4 is 0 Å². The molecule has 1 aliphatic rings. The zero-order valence-corrected chi connectivity index (χ0v) is 16.6. The molecule has 1 aliphatic heterocycles. The van der Waals surface area contributed by atoms with E-state index in [1.807, 2.05) is 52.9 Å². The third-order valence-corrected chi connectivity index (χ3v) is 6.07. The SMILES string of the molecule is C[C@@H](Sc1nccn1-c1cccc(Cl)c1)C(=O)N1CCc2ccccc2C1. The first-order valence-electron chi connectivity index (χ1n) is 8.93. The fourth-order valence-corrected chi connectivity index (χ4v) is 4.50. The van der Waals surface area contributed by atoms with Crippen LogP contribution in [0.3, 0.4) is 0 Å². The topological polar surface area (TPSA) is 38.1 Å². The highest BCUT2D eigenvalue weighted by atomic mass is 35.5. The molecular weight excluding hydrogens is 378 g/mol. The lowest BCUT2D eigenvalue weighted by atomic mass is 10.00. The molecule has 0 N–H and O–H groups in total. The summed E-state index contributed by atoms with van der Waals surface area (Å²) in [6, 6.07) is 16.0. The maximum absolute atomic E-state index is 13.0. The molecule has 0 saturated heterocycles. The molecule has 0 unspecified atom stereocenters. The molecule has 1 amide bonds. The highest BCUT2D eigenvalue weighted by Crippen LogP contribution is 2.28. The van der Waals surface area contributed by atoms with Crippen LogP contribution in [0.15, 0.2) is 66.1 Å². The Hall–Kier alpha value is -2.24. The Morgan fingerprint density at radius 3 is 2.81 bits per heavy atom. The number of rotatable bonds is 4. The van der Waals surface area contributed by atoms with Gasteiger partial charge >= 0.3 is 0 Å². The largest absolute Gasteiger partial charge is 0.337 e. The highest BCUT2D eigenvalue weighted by molar-refractivity contribution is 8.00. The van der Waals surface area contributed by atoms with E-state index in [4.69, 9.17) is 11.6 Å². The van der Waals surface area contributed by atoms with Crippen molar-refractivity contribution in [2.24, 2.45) is 0 Å². The predicted molar refractivity (Wildman–Crippen MR) is 109 cm³/mol. The van der Waals surface area contributed by atoms with Crippen LogP contribution in [0.1, 0.15) is 18.1 Å². The van der Waals surface area contributed by atoms with Gasteiger partial charge in [0.2, 0.25) is 5.91 Å². The van der Waals surface area contributed by atoms with Crippen molar-refractivity contribution in [3.8, 4) is 5.69 Å². The van der Waals surface area contributed by atoms with Crippen LogP contribution >= 0.6 is 23.4 Å². The minimum atomic E-state index is -0.212. The van der Waals surface area contributed by atoms with Gasteiger partial charge in [-0.25, -0.2) is 4.98 Å². The van der Waals surface area contributed by atoms with Gasteiger partial charge in [0, 0.05) is 36.2 Å². The third kappa shape index (κ3) is 3.89. The average molecular weight is 398 g/mol. The second-order valence-electron chi connectivity index (χ2n) is 6.60. The summed E-state index contributed by atoms with van der Waals surface area (Å²) in [5.41, 5.74) is 3.53. The van der Waals surface area contributed by atoms with Crippen molar-refractivity contribution < 1.29 is 4.79 Å². The summed E-state index contributed by atoms with van der Waals surface area (Å²) in [4.78, 5) is 19.4. The van der Waals surface area contributed by atoms with E-state index in [9.17, 15) is 4.79 Å². The molecule has 27 heavy (non-hydrogen) atoms. The molecule has 0 radical (unpaired) electrons. The Kier molecular flexibility index (Phi) is 5.23. The van der Waals surface area contributed by atoms with Crippen molar-refractivity contribution in [2.45, 2.75) is 30.3 Å². The van der Waals surface area contributed by atoms with Crippen molar-refractivity contribution in [1.29, 1.82) is 0 Å². The summed E-state index contributed by atoms with van der Waals surface area (Å²) in [6.07, 6.45) is 4.55. The van der Waals surface area contributed by atoms with E-state index in [1.165, 1.54) is 22.9 Å². The Balaban J connectivity index is 1.48. The van der Waals surface area contributed by atoms with Gasteiger partial charge in [0.25, 0.3) is 0 Å². The van der Waals surface area contributed by atoms with E-state index in [0.717, 1.165) is 23.8 Å². The number of thioether (sulfide) groups is 1. The van der Waals surface area contributed by atoms with Crippen molar-refractivity contribution in [3.63, 3.8) is 0 Å². The molecule has 4 rings (SSSR count). The van der Waals surface area contributed by atoms with E-state index >= 15 is 0 Å². The number of hydrogen-bond acceptors (Lipinski definition) is 3. The predicted octanol–water partition coefficient (Wildman–Crippen LogP) is 4.59. The summed E-state index contributed by atoms with van der Waals surface area (Å²) in [5.74, 6) is 0.148. The van der Waals surface area contributed by atoms with E-state index < -0.39 is 0 Å².